The number of anilines is 1. The molecule has 0 radical (unpaired) electrons. The number of nitro groups is 1. The monoisotopic (exact) mass is 512 g/mol. The van der Waals surface area contributed by atoms with Crippen molar-refractivity contribution in [2.45, 2.75) is 6.42 Å². The van der Waals surface area contributed by atoms with E-state index in [2.05, 4.69) is 4.90 Å². The van der Waals surface area contributed by atoms with E-state index in [0.717, 1.165) is 31.6 Å². The smallest absolute Gasteiger partial charge is 0.270 e. The molecule has 1 fully saturated rings. The first kappa shape index (κ1) is 25.5. The molecule has 0 N–H and O–H groups in total. The third-order valence-corrected chi connectivity index (χ3v) is 6.78. The lowest BCUT2D eigenvalue weighted by Gasteiger charge is -2.27. The van der Waals surface area contributed by atoms with Gasteiger partial charge in [0.1, 0.15) is 11.5 Å². The van der Waals surface area contributed by atoms with Crippen LogP contribution in [0.4, 0.5) is 10.8 Å². The maximum absolute atomic E-state index is 13.6. The number of morpholine rings is 1. The molecule has 11 heteroatoms. The maximum atomic E-state index is 13.6. The van der Waals surface area contributed by atoms with Crippen molar-refractivity contribution in [1.29, 1.82) is 0 Å². The van der Waals surface area contributed by atoms with Crippen molar-refractivity contribution in [3.05, 3.63) is 63.5 Å². The highest BCUT2D eigenvalue weighted by atomic mass is 32.1. The number of hydrogen-bond donors (Lipinski definition) is 0. The number of aromatic nitrogens is 1. The molecule has 1 amide bonds. The van der Waals surface area contributed by atoms with Gasteiger partial charge in [0.05, 0.1) is 38.1 Å². The first-order valence-corrected chi connectivity index (χ1v) is 12.4. The number of methoxy groups -OCH3 is 2. The fourth-order valence-electron chi connectivity index (χ4n) is 4.00. The van der Waals surface area contributed by atoms with Crippen molar-refractivity contribution in [2.75, 3.05) is 58.5 Å². The lowest BCUT2D eigenvalue weighted by molar-refractivity contribution is -0.384. The van der Waals surface area contributed by atoms with Gasteiger partial charge in [0, 0.05) is 54.8 Å². The standard InChI is InChI=1S/C25H28N4O6S/c1-33-20-7-8-23(34-2)21(16-20)22-17-36-25(26-22)28(10-4-9-27-11-13-35-14-12-27)24(30)18-5-3-6-19(15-18)29(31)32/h3,5-8,15-17H,4,9-14H2,1-2H3. The van der Waals surface area contributed by atoms with Crippen LogP contribution in [-0.2, 0) is 4.74 Å². The zero-order valence-electron chi connectivity index (χ0n) is 20.2. The molecule has 1 aliphatic rings. The molecule has 2 aromatic carbocycles. The second-order valence-corrected chi connectivity index (χ2v) is 8.99. The third kappa shape index (κ3) is 5.99. The average Bonchev–Trinajstić information content (AvgIpc) is 3.40. The van der Waals surface area contributed by atoms with Crippen LogP contribution in [0.15, 0.2) is 47.8 Å². The van der Waals surface area contributed by atoms with E-state index < -0.39 is 4.92 Å². The van der Waals surface area contributed by atoms with Gasteiger partial charge in [0.25, 0.3) is 11.6 Å². The van der Waals surface area contributed by atoms with Gasteiger partial charge >= 0.3 is 0 Å². The Kier molecular flexibility index (Phi) is 8.47. The summed E-state index contributed by atoms with van der Waals surface area (Å²) in [5.74, 6) is 0.964. The van der Waals surface area contributed by atoms with Gasteiger partial charge in [-0.15, -0.1) is 11.3 Å². The van der Waals surface area contributed by atoms with Crippen LogP contribution in [0.3, 0.4) is 0 Å². The molecule has 2 heterocycles. The lowest BCUT2D eigenvalue weighted by Crippen LogP contribution is -2.39. The summed E-state index contributed by atoms with van der Waals surface area (Å²) in [5.41, 5.74) is 1.51. The van der Waals surface area contributed by atoms with Crippen molar-refractivity contribution < 1.29 is 23.9 Å². The van der Waals surface area contributed by atoms with Gasteiger partial charge in [-0.05, 0) is 30.7 Å². The second kappa shape index (κ2) is 11.9. The molecule has 4 rings (SSSR count). The fourth-order valence-corrected chi connectivity index (χ4v) is 4.84. The van der Waals surface area contributed by atoms with Crippen molar-refractivity contribution in [3.63, 3.8) is 0 Å². The minimum absolute atomic E-state index is 0.130. The largest absolute Gasteiger partial charge is 0.497 e. The molecular weight excluding hydrogens is 484 g/mol. The molecule has 0 saturated carbocycles. The molecule has 0 spiro atoms. The predicted molar refractivity (Wildman–Crippen MR) is 137 cm³/mol. The van der Waals surface area contributed by atoms with Crippen LogP contribution in [0.2, 0.25) is 0 Å². The topological polar surface area (TPSA) is 107 Å². The normalized spacial score (nSPS) is 13.8. The number of benzene rings is 2. The summed E-state index contributed by atoms with van der Waals surface area (Å²) < 4.78 is 16.3. The highest BCUT2D eigenvalue weighted by Gasteiger charge is 2.24. The first-order valence-electron chi connectivity index (χ1n) is 11.5. The van der Waals surface area contributed by atoms with Crippen molar-refractivity contribution in [2.24, 2.45) is 0 Å². The first-order chi connectivity index (χ1) is 17.5. The minimum atomic E-state index is -0.504. The summed E-state index contributed by atoms with van der Waals surface area (Å²) in [6.07, 6.45) is 0.720. The maximum Gasteiger partial charge on any atom is 0.270 e. The Hall–Kier alpha value is -3.54. The van der Waals surface area contributed by atoms with Crippen LogP contribution in [-0.4, -0.2) is 74.3 Å². The molecule has 10 nitrogen and oxygen atoms in total. The minimum Gasteiger partial charge on any atom is -0.497 e. The Morgan fingerprint density at radius 3 is 2.72 bits per heavy atom. The van der Waals surface area contributed by atoms with Crippen molar-refractivity contribution in [1.82, 2.24) is 9.88 Å². The van der Waals surface area contributed by atoms with Gasteiger partial charge in [0.15, 0.2) is 5.13 Å². The Morgan fingerprint density at radius 1 is 1.19 bits per heavy atom. The van der Waals surface area contributed by atoms with Crippen molar-refractivity contribution >= 4 is 28.1 Å². The van der Waals surface area contributed by atoms with Gasteiger partial charge < -0.3 is 14.2 Å². The van der Waals surface area contributed by atoms with E-state index in [9.17, 15) is 14.9 Å². The van der Waals surface area contributed by atoms with Crippen LogP contribution in [0.25, 0.3) is 11.3 Å². The number of carbonyl (C=O) groups excluding carboxylic acids is 1. The average molecular weight is 513 g/mol. The number of carbonyl (C=O) groups is 1. The summed E-state index contributed by atoms with van der Waals surface area (Å²) in [7, 11) is 3.17. The Morgan fingerprint density at radius 2 is 2.00 bits per heavy atom. The zero-order chi connectivity index (χ0) is 25.5. The van der Waals surface area contributed by atoms with Crippen LogP contribution < -0.4 is 14.4 Å². The van der Waals surface area contributed by atoms with E-state index in [0.29, 0.717) is 42.1 Å². The fraction of sp³-hybridized carbons (Fsp3) is 0.360. The molecule has 1 aliphatic heterocycles. The van der Waals surface area contributed by atoms with Crippen LogP contribution in [0, 0.1) is 10.1 Å². The molecule has 0 atom stereocenters. The summed E-state index contributed by atoms with van der Waals surface area (Å²) in [6, 6.07) is 11.2. The summed E-state index contributed by atoms with van der Waals surface area (Å²) >= 11 is 1.33. The molecule has 3 aromatic rings. The van der Waals surface area contributed by atoms with E-state index >= 15 is 0 Å². The number of ether oxygens (including phenoxy) is 3. The number of amides is 1. The number of hydrogen-bond acceptors (Lipinski definition) is 9. The third-order valence-electron chi connectivity index (χ3n) is 5.91. The second-order valence-electron chi connectivity index (χ2n) is 8.15. The predicted octanol–water partition coefficient (Wildman–Crippen LogP) is 4.10. The summed E-state index contributed by atoms with van der Waals surface area (Å²) in [6.45, 7) is 4.35. The Labute approximate surface area is 213 Å². The van der Waals surface area contributed by atoms with Crippen LogP contribution >= 0.6 is 11.3 Å². The van der Waals surface area contributed by atoms with Gasteiger partial charge in [-0.2, -0.15) is 0 Å². The van der Waals surface area contributed by atoms with Crippen LogP contribution in [0.5, 0.6) is 11.5 Å². The number of rotatable bonds is 10. The van der Waals surface area contributed by atoms with Crippen molar-refractivity contribution in [3.8, 4) is 22.8 Å². The van der Waals surface area contributed by atoms with E-state index in [1.54, 1.807) is 31.3 Å². The zero-order valence-corrected chi connectivity index (χ0v) is 21.0. The van der Waals surface area contributed by atoms with Crippen LogP contribution in [0.1, 0.15) is 16.8 Å². The van der Waals surface area contributed by atoms with E-state index in [1.165, 1.54) is 29.5 Å². The summed E-state index contributed by atoms with van der Waals surface area (Å²) in [4.78, 5) is 33.0. The Bertz CT molecular complexity index is 1210. The highest BCUT2D eigenvalue weighted by molar-refractivity contribution is 7.14. The molecule has 190 valence electrons. The quantitative estimate of drug-likeness (QED) is 0.295. The van der Waals surface area contributed by atoms with E-state index in [4.69, 9.17) is 19.2 Å². The Balaban J connectivity index is 1.62. The van der Waals surface area contributed by atoms with Gasteiger partial charge in [-0.3, -0.25) is 24.7 Å². The number of non-ortho nitro benzene ring substituents is 1. The molecule has 0 aliphatic carbocycles. The number of thiazole rings is 1. The number of nitrogens with zero attached hydrogens (tertiary/aromatic N) is 4. The van der Waals surface area contributed by atoms with E-state index in [-0.39, 0.29) is 17.2 Å². The van der Waals surface area contributed by atoms with Gasteiger partial charge in [-0.25, -0.2) is 4.98 Å². The molecule has 1 saturated heterocycles. The van der Waals surface area contributed by atoms with E-state index in [1.807, 2.05) is 17.5 Å². The lowest BCUT2D eigenvalue weighted by atomic mass is 10.1. The molecule has 36 heavy (non-hydrogen) atoms. The summed E-state index contributed by atoms with van der Waals surface area (Å²) in [5, 5.41) is 13.6. The molecule has 0 unspecified atom stereocenters. The van der Waals surface area contributed by atoms with Gasteiger partial charge in [0.2, 0.25) is 0 Å². The molecular formula is C25H28N4O6S. The molecule has 0 bridgehead atoms. The highest BCUT2D eigenvalue weighted by Crippen LogP contribution is 2.36. The van der Waals surface area contributed by atoms with Gasteiger partial charge in [-0.1, -0.05) is 6.07 Å². The molecule has 1 aromatic heterocycles. The number of nitro benzene ring substituents is 1. The SMILES string of the molecule is COc1ccc(OC)c(-c2csc(N(CCCN3CCOCC3)C(=O)c3cccc([N+](=O)[O-])c3)n2)c1.